The van der Waals surface area contributed by atoms with E-state index >= 15 is 0 Å². The van der Waals surface area contributed by atoms with Gasteiger partial charge < -0.3 is 24.6 Å². The lowest BCUT2D eigenvalue weighted by Gasteiger charge is -2.52. The molecule has 2 amide bonds. The Bertz CT molecular complexity index is 1020. The van der Waals surface area contributed by atoms with Crippen molar-refractivity contribution in [3.8, 4) is 11.5 Å². The van der Waals surface area contributed by atoms with Crippen LogP contribution in [-0.2, 0) is 0 Å². The Morgan fingerprint density at radius 2 is 1.87 bits per heavy atom. The fourth-order valence-electron chi connectivity index (χ4n) is 4.59. The van der Waals surface area contributed by atoms with Crippen LogP contribution in [0.25, 0.3) is 0 Å². The van der Waals surface area contributed by atoms with Crippen molar-refractivity contribution in [2.24, 2.45) is 0 Å². The number of likely N-dealkylation sites (tertiary alicyclic amines) is 1. The predicted octanol–water partition coefficient (Wildman–Crippen LogP) is 3.05. The van der Waals surface area contributed by atoms with Crippen LogP contribution in [-0.4, -0.2) is 56.2 Å². The summed E-state index contributed by atoms with van der Waals surface area (Å²) in [5, 5.41) is 3.13. The fourth-order valence-corrected chi connectivity index (χ4v) is 4.59. The lowest BCUT2D eigenvalue weighted by molar-refractivity contribution is 0.0601. The van der Waals surface area contributed by atoms with Crippen molar-refractivity contribution in [2.75, 3.05) is 38.8 Å². The Hall–Kier alpha value is -3.29. The minimum atomic E-state index is -0.645. The van der Waals surface area contributed by atoms with E-state index in [9.17, 15) is 14.0 Å². The van der Waals surface area contributed by atoms with Gasteiger partial charge in [0.15, 0.2) is 0 Å². The van der Waals surface area contributed by atoms with Gasteiger partial charge in [-0.25, -0.2) is 4.39 Å². The van der Waals surface area contributed by atoms with Crippen LogP contribution in [0.2, 0.25) is 0 Å². The first-order chi connectivity index (χ1) is 14.9. The number of piperidine rings is 1. The molecule has 1 N–H and O–H groups in total. The maximum atomic E-state index is 13.9. The van der Waals surface area contributed by atoms with Crippen LogP contribution in [0.15, 0.2) is 36.4 Å². The van der Waals surface area contributed by atoms with Crippen LogP contribution in [0.3, 0.4) is 0 Å². The van der Waals surface area contributed by atoms with Crippen molar-refractivity contribution in [2.45, 2.75) is 25.4 Å². The first-order valence-electron chi connectivity index (χ1n) is 10.3. The number of amides is 2. The molecule has 2 aliphatic rings. The fraction of sp³-hybridized carbons (Fsp3) is 0.391. The monoisotopic (exact) mass is 427 g/mol. The summed E-state index contributed by atoms with van der Waals surface area (Å²) in [6.07, 6.45) is 1.07. The van der Waals surface area contributed by atoms with Crippen LogP contribution in [0, 0.1) is 5.82 Å². The molecule has 8 heteroatoms. The molecule has 2 aromatic carbocycles. The average molecular weight is 427 g/mol. The van der Waals surface area contributed by atoms with Crippen molar-refractivity contribution in [1.29, 1.82) is 0 Å². The molecule has 164 valence electrons. The maximum absolute atomic E-state index is 13.9. The maximum Gasteiger partial charge on any atom is 0.257 e. The number of anilines is 1. The largest absolute Gasteiger partial charge is 0.497 e. The zero-order chi connectivity index (χ0) is 22.2. The second kappa shape index (κ2) is 8.09. The second-order valence-corrected chi connectivity index (χ2v) is 7.75. The number of fused-ring (bicyclic) bond motifs is 1. The molecule has 1 saturated heterocycles. The van der Waals surface area contributed by atoms with Gasteiger partial charge in [-0.2, -0.15) is 0 Å². The smallest absolute Gasteiger partial charge is 0.257 e. The van der Waals surface area contributed by atoms with Gasteiger partial charge in [-0.1, -0.05) is 0 Å². The van der Waals surface area contributed by atoms with E-state index in [4.69, 9.17) is 9.47 Å². The number of ether oxygens (including phenoxy) is 2. The summed E-state index contributed by atoms with van der Waals surface area (Å²) < 4.78 is 24.5. The topological polar surface area (TPSA) is 71.1 Å². The number of carbonyl (C=O) groups excluding carboxylic acids is 2. The second-order valence-electron chi connectivity index (χ2n) is 7.75. The minimum Gasteiger partial charge on any atom is -0.497 e. The molecule has 2 heterocycles. The third-order valence-electron chi connectivity index (χ3n) is 6.19. The Morgan fingerprint density at radius 1 is 1.13 bits per heavy atom. The number of benzene rings is 2. The highest BCUT2D eigenvalue weighted by Gasteiger charge is 2.46. The van der Waals surface area contributed by atoms with Crippen molar-refractivity contribution in [3.05, 3.63) is 53.3 Å². The molecule has 0 aromatic heterocycles. The Labute approximate surface area is 180 Å². The van der Waals surface area contributed by atoms with Crippen molar-refractivity contribution in [3.63, 3.8) is 0 Å². The molecule has 0 atom stereocenters. The molecule has 31 heavy (non-hydrogen) atoms. The first kappa shape index (κ1) is 21.0. The Kier molecular flexibility index (Phi) is 5.47. The number of carbonyl (C=O) groups is 2. The Morgan fingerprint density at radius 3 is 2.52 bits per heavy atom. The highest BCUT2D eigenvalue weighted by atomic mass is 19.1. The highest BCUT2D eigenvalue weighted by Crippen LogP contribution is 2.38. The van der Waals surface area contributed by atoms with Crippen molar-refractivity contribution < 1.29 is 23.5 Å². The minimum absolute atomic E-state index is 0.133. The number of hydrogen-bond acceptors (Lipinski definition) is 5. The molecule has 0 unspecified atom stereocenters. The number of nitrogens with zero attached hydrogens (tertiary/aromatic N) is 2. The van der Waals surface area contributed by atoms with Crippen LogP contribution in [0.5, 0.6) is 11.5 Å². The van der Waals surface area contributed by atoms with Crippen LogP contribution < -0.4 is 19.7 Å². The number of hydrogen-bond donors (Lipinski definition) is 1. The molecule has 2 aromatic rings. The van der Waals surface area contributed by atoms with E-state index in [1.54, 1.807) is 30.2 Å². The standard InChI is InChI=1S/C23H26FN3O4/c1-4-27-19-13-15(24)5-7-17(19)21(28)25-23(27)9-11-26(12-10-23)22(29)18-8-6-16(30-2)14-20(18)31-3/h5-8,13-14H,4,9-12H2,1-3H3,(H,25,28). The molecule has 0 radical (unpaired) electrons. The van der Waals surface area contributed by atoms with E-state index in [2.05, 4.69) is 5.32 Å². The molecule has 1 spiro atoms. The molecular weight excluding hydrogens is 401 g/mol. The van der Waals surface area contributed by atoms with Gasteiger partial charge >= 0.3 is 0 Å². The van der Waals surface area contributed by atoms with Gasteiger partial charge in [0.2, 0.25) is 0 Å². The van der Waals surface area contributed by atoms with Gasteiger partial charge in [-0.3, -0.25) is 9.59 Å². The molecule has 0 bridgehead atoms. The van der Waals surface area contributed by atoms with Gasteiger partial charge in [0.25, 0.3) is 11.8 Å². The van der Waals surface area contributed by atoms with E-state index in [0.717, 1.165) is 0 Å². The number of nitrogens with one attached hydrogen (secondary N) is 1. The van der Waals surface area contributed by atoms with Crippen LogP contribution in [0.1, 0.15) is 40.5 Å². The van der Waals surface area contributed by atoms with E-state index in [-0.39, 0.29) is 17.6 Å². The normalized spacial score (nSPS) is 17.2. The van der Waals surface area contributed by atoms with E-state index in [0.29, 0.717) is 60.8 Å². The molecule has 4 rings (SSSR count). The SMILES string of the molecule is CCN1c2cc(F)ccc2C(=O)NC12CCN(C(=O)c1ccc(OC)cc1OC)CC2. The zero-order valence-corrected chi connectivity index (χ0v) is 17.9. The van der Waals surface area contributed by atoms with Gasteiger partial charge in [-0.05, 0) is 37.3 Å². The summed E-state index contributed by atoms with van der Waals surface area (Å²) in [5.41, 5.74) is 0.887. The number of halogens is 1. The Balaban J connectivity index is 1.57. The highest BCUT2D eigenvalue weighted by molar-refractivity contribution is 6.02. The van der Waals surface area contributed by atoms with Gasteiger partial charge in [0, 0.05) is 38.5 Å². The predicted molar refractivity (Wildman–Crippen MR) is 114 cm³/mol. The molecular formula is C23H26FN3O4. The summed E-state index contributed by atoms with van der Waals surface area (Å²) >= 11 is 0. The summed E-state index contributed by atoms with van der Waals surface area (Å²) in [6.45, 7) is 3.50. The summed E-state index contributed by atoms with van der Waals surface area (Å²) in [4.78, 5) is 29.7. The zero-order valence-electron chi connectivity index (χ0n) is 17.9. The van der Waals surface area contributed by atoms with Crippen molar-refractivity contribution >= 4 is 17.5 Å². The lowest BCUT2D eigenvalue weighted by Crippen LogP contribution is -2.68. The molecule has 7 nitrogen and oxygen atoms in total. The first-order valence-corrected chi connectivity index (χ1v) is 10.3. The van der Waals surface area contributed by atoms with E-state index in [1.807, 2.05) is 11.8 Å². The van der Waals surface area contributed by atoms with Gasteiger partial charge in [0.05, 0.1) is 31.0 Å². The lowest BCUT2D eigenvalue weighted by atomic mass is 9.89. The third-order valence-corrected chi connectivity index (χ3v) is 6.19. The van der Waals surface area contributed by atoms with Crippen LogP contribution in [0.4, 0.5) is 10.1 Å². The van der Waals surface area contributed by atoms with Crippen molar-refractivity contribution in [1.82, 2.24) is 10.2 Å². The quantitative estimate of drug-likeness (QED) is 0.812. The number of rotatable bonds is 4. The van der Waals surface area contributed by atoms with E-state index in [1.165, 1.54) is 25.3 Å². The number of methoxy groups -OCH3 is 2. The van der Waals surface area contributed by atoms with Gasteiger partial charge in [0.1, 0.15) is 23.0 Å². The summed E-state index contributed by atoms with van der Waals surface area (Å²) in [7, 11) is 3.08. The summed E-state index contributed by atoms with van der Waals surface area (Å²) in [5.74, 6) is 0.346. The molecule has 1 fully saturated rings. The van der Waals surface area contributed by atoms with Crippen LogP contribution >= 0.6 is 0 Å². The average Bonchev–Trinajstić information content (AvgIpc) is 2.78. The van der Waals surface area contributed by atoms with E-state index < -0.39 is 5.66 Å². The molecule has 0 aliphatic carbocycles. The van der Waals surface area contributed by atoms with Gasteiger partial charge in [-0.15, -0.1) is 0 Å². The third kappa shape index (κ3) is 3.56. The molecule has 2 aliphatic heterocycles. The molecule has 0 saturated carbocycles. The summed E-state index contributed by atoms with van der Waals surface area (Å²) in [6, 6.07) is 9.35.